The van der Waals surface area contributed by atoms with Gasteiger partial charge in [0.1, 0.15) is 0 Å². The van der Waals surface area contributed by atoms with Crippen LogP contribution in [0.5, 0.6) is 0 Å². The summed E-state index contributed by atoms with van der Waals surface area (Å²) < 4.78 is 5.15. The zero-order valence-electron chi connectivity index (χ0n) is 11.5. The van der Waals surface area contributed by atoms with Gasteiger partial charge in [0.2, 0.25) is 0 Å². The summed E-state index contributed by atoms with van der Waals surface area (Å²) in [7, 11) is 0. The molecule has 0 amide bonds. The van der Waals surface area contributed by atoms with E-state index in [1.54, 1.807) is 0 Å². The maximum absolute atomic E-state index is 11.4. The fourth-order valence-electron chi connectivity index (χ4n) is 2.22. The van der Waals surface area contributed by atoms with Crippen LogP contribution in [-0.2, 0) is 9.53 Å². The van der Waals surface area contributed by atoms with E-state index in [1.165, 1.54) is 18.4 Å². The summed E-state index contributed by atoms with van der Waals surface area (Å²) in [5, 5.41) is 0. The highest BCUT2D eigenvalue weighted by Crippen LogP contribution is 2.31. The summed E-state index contributed by atoms with van der Waals surface area (Å²) in [6.07, 6.45) is 8.32. The van der Waals surface area contributed by atoms with Gasteiger partial charge in [0, 0.05) is 6.42 Å². The summed E-state index contributed by atoms with van der Waals surface area (Å²) in [5.74, 6) is 1.41. The fourth-order valence-corrected chi connectivity index (χ4v) is 2.22. The Hall–Kier alpha value is -0.790. The number of unbranched alkanes of at least 4 members (excludes halogenated alkanes) is 1. The Balaban J connectivity index is 2.18. The molecule has 2 heteroatoms. The second kappa shape index (κ2) is 7.52. The van der Waals surface area contributed by atoms with Gasteiger partial charge in [-0.2, -0.15) is 0 Å². The van der Waals surface area contributed by atoms with Crippen molar-refractivity contribution in [3.8, 4) is 0 Å². The zero-order valence-corrected chi connectivity index (χ0v) is 11.5. The maximum Gasteiger partial charge on any atom is 0.306 e. The van der Waals surface area contributed by atoms with Crippen molar-refractivity contribution in [2.24, 2.45) is 11.8 Å². The Morgan fingerprint density at radius 1 is 1.53 bits per heavy atom. The number of rotatable bonds is 7. The maximum atomic E-state index is 11.4. The number of carbonyl (C=O) groups is 1. The lowest BCUT2D eigenvalue weighted by molar-refractivity contribution is -0.143. The van der Waals surface area contributed by atoms with E-state index in [4.69, 9.17) is 4.74 Å². The number of ether oxygens (including phenoxy) is 1. The lowest BCUT2D eigenvalue weighted by Gasteiger charge is -2.09. The Labute approximate surface area is 105 Å². The minimum Gasteiger partial charge on any atom is -0.466 e. The zero-order chi connectivity index (χ0) is 12.7. The van der Waals surface area contributed by atoms with Gasteiger partial charge in [-0.3, -0.25) is 4.79 Å². The van der Waals surface area contributed by atoms with E-state index in [1.807, 2.05) is 0 Å². The number of allylic oxidation sites excluding steroid dienone is 2. The first-order valence-electron chi connectivity index (χ1n) is 6.98. The lowest BCUT2D eigenvalue weighted by Crippen LogP contribution is -2.05. The molecule has 1 rings (SSSR count). The third kappa shape index (κ3) is 5.38. The predicted molar refractivity (Wildman–Crippen MR) is 70.7 cm³/mol. The van der Waals surface area contributed by atoms with Crippen molar-refractivity contribution >= 4 is 5.97 Å². The van der Waals surface area contributed by atoms with E-state index >= 15 is 0 Å². The van der Waals surface area contributed by atoms with E-state index in [-0.39, 0.29) is 5.97 Å². The molecule has 2 nitrogen and oxygen atoms in total. The van der Waals surface area contributed by atoms with Crippen LogP contribution in [-0.4, -0.2) is 12.6 Å². The highest BCUT2D eigenvalue weighted by atomic mass is 16.5. The largest absolute Gasteiger partial charge is 0.466 e. The Bertz CT molecular complexity index is 266. The van der Waals surface area contributed by atoms with Crippen molar-refractivity contribution < 1.29 is 9.53 Å². The molecule has 0 aromatic rings. The molecule has 0 aromatic carbocycles. The molecular formula is C15H26O2. The average molecular weight is 238 g/mol. The van der Waals surface area contributed by atoms with E-state index in [2.05, 4.69) is 26.8 Å². The van der Waals surface area contributed by atoms with Crippen LogP contribution in [0, 0.1) is 11.8 Å². The lowest BCUT2D eigenvalue weighted by atomic mass is 9.96. The molecule has 98 valence electrons. The van der Waals surface area contributed by atoms with Crippen LogP contribution in [0.4, 0.5) is 0 Å². The van der Waals surface area contributed by atoms with Gasteiger partial charge < -0.3 is 4.74 Å². The molecule has 0 saturated carbocycles. The van der Waals surface area contributed by atoms with E-state index in [9.17, 15) is 4.79 Å². The van der Waals surface area contributed by atoms with E-state index in [0.717, 1.165) is 31.1 Å². The molecule has 1 aliphatic rings. The van der Waals surface area contributed by atoms with Crippen LogP contribution in [0.25, 0.3) is 0 Å². The van der Waals surface area contributed by atoms with Gasteiger partial charge in [-0.15, -0.1) is 0 Å². The van der Waals surface area contributed by atoms with Crippen molar-refractivity contribution in [1.29, 1.82) is 0 Å². The molecule has 1 aliphatic carbocycles. The van der Waals surface area contributed by atoms with Gasteiger partial charge in [0.25, 0.3) is 0 Å². The third-order valence-electron chi connectivity index (χ3n) is 3.52. The first kappa shape index (κ1) is 14.3. The van der Waals surface area contributed by atoms with Crippen LogP contribution >= 0.6 is 0 Å². The predicted octanol–water partition coefficient (Wildman–Crippen LogP) is 4.10. The Kier molecular flexibility index (Phi) is 6.31. The van der Waals surface area contributed by atoms with Crippen molar-refractivity contribution in [2.75, 3.05) is 6.61 Å². The van der Waals surface area contributed by atoms with Gasteiger partial charge in [0.05, 0.1) is 6.61 Å². The smallest absolute Gasteiger partial charge is 0.306 e. The molecule has 1 atom stereocenters. The van der Waals surface area contributed by atoms with Crippen LogP contribution in [0.3, 0.4) is 0 Å². The Morgan fingerprint density at radius 3 is 2.88 bits per heavy atom. The summed E-state index contributed by atoms with van der Waals surface area (Å²) in [6.45, 7) is 7.22. The van der Waals surface area contributed by atoms with Crippen LogP contribution in [0.15, 0.2) is 11.6 Å². The van der Waals surface area contributed by atoms with Crippen LogP contribution < -0.4 is 0 Å². The van der Waals surface area contributed by atoms with Gasteiger partial charge in [-0.05, 0) is 37.5 Å². The van der Waals surface area contributed by atoms with Gasteiger partial charge >= 0.3 is 5.97 Å². The van der Waals surface area contributed by atoms with Gasteiger partial charge in [-0.1, -0.05) is 38.8 Å². The Morgan fingerprint density at radius 2 is 2.29 bits per heavy atom. The third-order valence-corrected chi connectivity index (χ3v) is 3.52. The minimum atomic E-state index is -0.0349. The second-order valence-corrected chi connectivity index (χ2v) is 5.35. The molecule has 0 bridgehead atoms. The summed E-state index contributed by atoms with van der Waals surface area (Å²) in [6, 6.07) is 0. The molecule has 0 radical (unpaired) electrons. The van der Waals surface area contributed by atoms with Gasteiger partial charge in [0.15, 0.2) is 0 Å². The molecule has 0 fully saturated rings. The number of carbonyl (C=O) groups excluding carboxylic acids is 1. The van der Waals surface area contributed by atoms with E-state index in [0.29, 0.717) is 13.0 Å². The van der Waals surface area contributed by atoms with Crippen molar-refractivity contribution in [1.82, 2.24) is 0 Å². The molecule has 0 heterocycles. The number of hydrogen-bond donors (Lipinski definition) is 0. The molecule has 0 aromatic heterocycles. The SMILES string of the molecule is CCCCOC(=O)CCC1=CC(C(C)C)CC1. The van der Waals surface area contributed by atoms with Crippen molar-refractivity contribution in [3.05, 3.63) is 11.6 Å². The first-order chi connectivity index (χ1) is 8.13. The number of hydrogen-bond acceptors (Lipinski definition) is 2. The standard InChI is InChI=1S/C15H26O2/c1-4-5-10-17-15(16)9-7-13-6-8-14(11-13)12(2)3/h11-12,14H,4-10H2,1-3H3. The van der Waals surface area contributed by atoms with Gasteiger partial charge in [-0.25, -0.2) is 0 Å². The summed E-state index contributed by atoms with van der Waals surface area (Å²) in [4.78, 5) is 11.4. The second-order valence-electron chi connectivity index (χ2n) is 5.35. The van der Waals surface area contributed by atoms with Crippen LogP contribution in [0.1, 0.15) is 59.3 Å². The highest BCUT2D eigenvalue weighted by molar-refractivity contribution is 5.69. The molecule has 17 heavy (non-hydrogen) atoms. The summed E-state index contributed by atoms with van der Waals surface area (Å²) >= 11 is 0. The van der Waals surface area contributed by atoms with Crippen LogP contribution in [0.2, 0.25) is 0 Å². The average Bonchev–Trinajstić information content (AvgIpc) is 2.75. The quantitative estimate of drug-likeness (QED) is 0.379. The molecule has 0 spiro atoms. The number of esters is 1. The van der Waals surface area contributed by atoms with Crippen molar-refractivity contribution in [2.45, 2.75) is 59.3 Å². The first-order valence-corrected chi connectivity index (χ1v) is 6.98. The molecule has 0 N–H and O–H groups in total. The molecule has 0 aliphatic heterocycles. The molecular weight excluding hydrogens is 212 g/mol. The normalized spacial score (nSPS) is 19.5. The summed E-state index contributed by atoms with van der Waals surface area (Å²) in [5.41, 5.74) is 1.45. The minimum absolute atomic E-state index is 0.0349. The molecule has 0 saturated heterocycles. The van der Waals surface area contributed by atoms with E-state index < -0.39 is 0 Å². The van der Waals surface area contributed by atoms with Crippen molar-refractivity contribution in [3.63, 3.8) is 0 Å². The topological polar surface area (TPSA) is 26.3 Å². The monoisotopic (exact) mass is 238 g/mol. The fraction of sp³-hybridized carbons (Fsp3) is 0.800. The highest BCUT2D eigenvalue weighted by Gasteiger charge is 2.18. The molecule has 1 unspecified atom stereocenters.